The number of carbonyl (C=O) groups excluding carboxylic acids is 2. The Balaban J connectivity index is 2.31. The SMILES string of the molecule is CCNC(=O)[C@@H](C)N(Cc1ccccc1Cl)C(=O)Cc1c(Cl)cccc1Cl. The number of benzene rings is 2. The predicted octanol–water partition coefficient (Wildman–Crippen LogP) is 4.74. The molecule has 0 spiro atoms. The predicted molar refractivity (Wildman–Crippen MR) is 110 cm³/mol. The number of carbonyl (C=O) groups is 2. The maximum atomic E-state index is 13.1. The molecule has 0 unspecified atom stereocenters. The van der Waals surface area contributed by atoms with Crippen LogP contribution in [0.25, 0.3) is 0 Å². The van der Waals surface area contributed by atoms with Gasteiger partial charge in [-0.2, -0.15) is 0 Å². The van der Waals surface area contributed by atoms with Crippen LogP contribution >= 0.6 is 34.8 Å². The van der Waals surface area contributed by atoms with E-state index in [4.69, 9.17) is 34.8 Å². The van der Waals surface area contributed by atoms with E-state index in [2.05, 4.69) is 5.32 Å². The summed E-state index contributed by atoms with van der Waals surface area (Å²) in [5.74, 6) is -0.494. The van der Waals surface area contributed by atoms with Gasteiger partial charge in [-0.1, -0.05) is 59.1 Å². The average molecular weight is 428 g/mol. The highest BCUT2D eigenvalue weighted by molar-refractivity contribution is 6.36. The maximum Gasteiger partial charge on any atom is 0.242 e. The van der Waals surface area contributed by atoms with Crippen LogP contribution in [0.5, 0.6) is 0 Å². The van der Waals surface area contributed by atoms with Gasteiger partial charge in [-0.05, 0) is 43.2 Å². The van der Waals surface area contributed by atoms with E-state index in [1.165, 1.54) is 4.90 Å². The van der Waals surface area contributed by atoms with Gasteiger partial charge in [-0.25, -0.2) is 0 Å². The van der Waals surface area contributed by atoms with E-state index in [0.717, 1.165) is 5.56 Å². The van der Waals surface area contributed by atoms with Crippen molar-refractivity contribution in [2.24, 2.45) is 0 Å². The van der Waals surface area contributed by atoms with Gasteiger partial charge in [0.05, 0.1) is 6.42 Å². The normalized spacial score (nSPS) is 11.7. The average Bonchev–Trinajstić information content (AvgIpc) is 2.63. The van der Waals surface area contributed by atoms with Gasteiger partial charge < -0.3 is 10.2 Å². The Bertz CT molecular complexity index is 806. The molecule has 1 N–H and O–H groups in total. The first-order valence-corrected chi connectivity index (χ1v) is 9.72. The summed E-state index contributed by atoms with van der Waals surface area (Å²) in [6.45, 7) is 4.20. The number of hydrogen-bond acceptors (Lipinski definition) is 2. The molecule has 0 aliphatic heterocycles. The van der Waals surface area contributed by atoms with Crippen molar-refractivity contribution in [3.05, 3.63) is 68.7 Å². The first-order valence-electron chi connectivity index (χ1n) is 8.58. The van der Waals surface area contributed by atoms with Crippen LogP contribution in [0.4, 0.5) is 0 Å². The van der Waals surface area contributed by atoms with Gasteiger partial charge in [0.15, 0.2) is 0 Å². The van der Waals surface area contributed by atoms with Gasteiger partial charge in [-0.15, -0.1) is 0 Å². The lowest BCUT2D eigenvalue weighted by Crippen LogP contribution is -2.48. The molecule has 2 amide bonds. The Morgan fingerprint density at radius 1 is 1.00 bits per heavy atom. The van der Waals surface area contributed by atoms with Gasteiger partial charge in [-0.3, -0.25) is 9.59 Å². The first kappa shape index (κ1) is 21.5. The maximum absolute atomic E-state index is 13.1. The van der Waals surface area contributed by atoms with Crippen LogP contribution in [-0.4, -0.2) is 29.3 Å². The third-order valence-electron chi connectivity index (χ3n) is 4.21. The van der Waals surface area contributed by atoms with Crippen LogP contribution in [0, 0.1) is 0 Å². The minimum atomic E-state index is -0.671. The van der Waals surface area contributed by atoms with Gasteiger partial charge in [0.1, 0.15) is 6.04 Å². The number of halogens is 3. The highest BCUT2D eigenvalue weighted by Crippen LogP contribution is 2.26. The van der Waals surface area contributed by atoms with Crippen LogP contribution in [0.1, 0.15) is 25.0 Å². The van der Waals surface area contributed by atoms with Gasteiger partial charge in [0.25, 0.3) is 0 Å². The van der Waals surface area contributed by atoms with Crippen molar-refractivity contribution in [2.45, 2.75) is 32.9 Å². The lowest BCUT2D eigenvalue weighted by molar-refractivity contribution is -0.140. The van der Waals surface area contributed by atoms with Crippen molar-refractivity contribution in [2.75, 3.05) is 6.54 Å². The molecule has 0 heterocycles. The third-order valence-corrected chi connectivity index (χ3v) is 5.28. The van der Waals surface area contributed by atoms with E-state index in [9.17, 15) is 9.59 Å². The Morgan fingerprint density at radius 2 is 1.59 bits per heavy atom. The molecule has 1 atom stereocenters. The van der Waals surface area contributed by atoms with Crippen molar-refractivity contribution in [3.63, 3.8) is 0 Å². The molecule has 2 rings (SSSR count). The summed E-state index contributed by atoms with van der Waals surface area (Å²) >= 11 is 18.6. The Hall–Kier alpha value is -1.75. The van der Waals surface area contributed by atoms with E-state index < -0.39 is 6.04 Å². The van der Waals surface area contributed by atoms with Crippen LogP contribution in [0.3, 0.4) is 0 Å². The zero-order valence-corrected chi connectivity index (χ0v) is 17.4. The molecular formula is C20H21Cl3N2O2. The van der Waals surface area contributed by atoms with Crippen molar-refractivity contribution < 1.29 is 9.59 Å². The lowest BCUT2D eigenvalue weighted by Gasteiger charge is -2.29. The first-order chi connectivity index (χ1) is 12.8. The minimum absolute atomic E-state index is 0.00724. The molecule has 2 aromatic carbocycles. The molecule has 2 aromatic rings. The molecule has 0 saturated heterocycles. The molecule has 0 saturated carbocycles. The number of nitrogens with one attached hydrogen (secondary N) is 1. The second kappa shape index (κ2) is 9.98. The molecule has 0 radical (unpaired) electrons. The molecule has 0 bridgehead atoms. The van der Waals surface area contributed by atoms with Gasteiger partial charge in [0.2, 0.25) is 11.8 Å². The highest BCUT2D eigenvalue weighted by Gasteiger charge is 2.27. The van der Waals surface area contributed by atoms with E-state index in [1.54, 1.807) is 31.2 Å². The number of amides is 2. The fraction of sp³-hybridized carbons (Fsp3) is 0.300. The number of rotatable bonds is 7. The van der Waals surface area contributed by atoms with Crippen LogP contribution in [0.2, 0.25) is 15.1 Å². The quantitative estimate of drug-likeness (QED) is 0.693. The molecule has 0 aliphatic carbocycles. The number of nitrogens with zero attached hydrogens (tertiary/aromatic N) is 1. The summed E-state index contributed by atoms with van der Waals surface area (Å²) in [7, 11) is 0. The molecule has 4 nitrogen and oxygen atoms in total. The van der Waals surface area contributed by atoms with E-state index >= 15 is 0 Å². The number of likely N-dealkylation sites (N-methyl/N-ethyl adjacent to an activating group) is 1. The van der Waals surface area contributed by atoms with Crippen molar-refractivity contribution in [1.82, 2.24) is 10.2 Å². The van der Waals surface area contributed by atoms with Crippen LogP contribution in [0.15, 0.2) is 42.5 Å². The summed E-state index contributed by atoms with van der Waals surface area (Å²) in [5.41, 5.74) is 1.30. The Morgan fingerprint density at radius 3 is 2.19 bits per heavy atom. The van der Waals surface area contributed by atoms with Crippen molar-refractivity contribution in [1.29, 1.82) is 0 Å². The molecule has 0 aliphatic rings. The largest absolute Gasteiger partial charge is 0.355 e. The lowest BCUT2D eigenvalue weighted by atomic mass is 10.1. The van der Waals surface area contributed by atoms with Gasteiger partial charge >= 0.3 is 0 Å². The zero-order valence-electron chi connectivity index (χ0n) is 15.1. The summed E-state index contributed by atoms with van der Waals surface area (Å²) in [6, 6.07) is 11.6. The fourth-order valence-corrected chi connectivity index (χ4v) is 3.40. The second-order valence-electron chi connectivity index (χ2n) is 6.06. The molecule has 0 fully saturated rings. The monoisotopic (exact) mass is 426 g/mol. The number of hydrogen-bond donors (Lipinski definition) is 1. The van der Waals surface area contributed by atoms with Crippen molar-refractivity contribution in [3.8, 4) is 0 Å². The molecular weight excluding hydrogens is 407 g/mol. The second-order valence-corrected chi connectivity index (χ2v) is 7.28. The van der Waals surface area contributed by atoms with E-state index in [1.807, 2.05) is 25.1 Å². The van der Waals surface area contributed by atoms with E-state index in [-0.39, 0.29) is 24.8 Å². The topological polar surface area (TPSA) is 49.4 Å². The molecule has 0 aromatic heterocycles. The Labute approximate surface area is 174 Å². The highest BCUT2D eigenvalue weighted by atomic mass is 35.5. The fourth-order valence-electron chi connectivity index (χ4n) is 2.67. The third kappa shape index (κ3) is 5.61. The summed E-state index contributed by atoms with van der Waals surface area (Å²) in [4.78, 5) is 26.9. The molecule has 27 heavy (non-hydrogen) atoms. The summed E-state index contributed by atoms with van der Waals surface area (Å²) in [6.07, 6.45) is -0.00724. The zero-order chi connectivity index (χ0) is 20.0. The molecule has 144 valence electrons. The van der Waals surface area contributed by atoms with Crippen molar-refractivity contribution >= 4 is 46.6 Å². The smallest absolute Gasteiger partial charge is 0.242 e. The van der Waals surface area contributed by atoms with E-state index in [0.29, 0.717) is 27.2 Å². The van der Waals surface area contributed by atoms with Gasteiger partial charge in [0, 0.05) is 28.2 Å². The Kier molecular flexibility index (Phi) is 7.96. The van der Waals surface area contributed by atoms with Crippen LogP contribution in [-0.2, 0) is 22.6 Å². The van der Waals surface area contributed by atoms with Crippen LogP contribution < -0.4 is 5.32 Å². The minimum Gasteiger partial charge on any atom is -0.355 e. The molecule has 7 heteroatoms. The summed E-state index contributed by atoms with van der Waals surface area (Å²) in [5, 5.41) is 4.12. The standard InChI is InChI=1S/C20H21Cl3N2O2/c1-3-24-20(27)13(2)25(12-14-7-4-5-8-16(14)21)19(26)11-15-17(22)9-6-10-18(15)23/h4-10,13H,3,11-12H2,1-2H3,(H,24,27)/t13-/m1/s1. The summed E-state index contributed by atoms with van der Waals surface area (Å²) < 4.78 is 0.